The Morgan fingerprint density at radius 1 is 1.44 bits per heavy atom. The number of fused-ring (bicyclic) bond motifs is 1. The number of thiazole rings is 1. The summed E-state index contributed by atoms with van der Waals surface area (Å²) in [4.78, 5) is 13.6. The predicted octanol–water partition coefficient (Wildman–Crippen LogP) is 1.71. The van der Waals surface area contributed by atoms with Crippen molar-refractivity contribution in [2.45, 2.75) is 13.1 Å². The van der Waals surface area contributed by atoms with Gasteiger partial charge in [-0.1, -0.05) is 23.5 Å². The van der Waals surface area contributed by atoms with Gasteiger partial charge < -0.3 is 5.84 Å². The maximum Gasteiger partial charge on any atom is 0.473 e. The fourth-order valence-corrected chi connectivity index (χ4v) is 2.51. The highest BCUT2D eigenvalue weighted by molar-refractivity contribution is 7.16. The third-order valence-corrected chi connectivity index (χ3v) is 3.31. The van der Waals surface area contributed by atoms with Gasteiger partial charge in [0.05, 0.1) is 10.2 Å². The van der Waals surface area contributed by atoms with Gasteiger partial charge in [0, 0.05) is 0 Å². The quantitative estimate of drug-likeness (QED) is 0.744. The second kappa shape index (κ2) is 4.13. The molecule has 0 aliphatic heterocycles. The van der Waals surface area contributed by atoms with Crippen molar-refractivity contribution in [3.05, 3.63) is 28.6 Å². The van der Waals surface area contributed by atoms with Crippen molar-refractivity contribution in [3.8, 4) is 0 Å². The van der Waals surface area contributed by atoms with E-state index in [9.17, 15) is 18.0 Å². The smallest absolute Gasteiger partial charge is 0.337 e. The van der Waals surface area contributed by atoms with Gasteiger partial charge in [-0.3, -0.25) is 4.79 Å². The normalized spacial score (nSPS) is 13.2. The van der Waals surface area contributed by atoms with Crippen LogP contribution in [-0.2, 0) is 4.79 Å². The van der Waals surface area contributed by atoms with Crippen LogP contribution in [0, 0.1) is 6.92 Å². The van der Waals surface area contributed by atoms with E-state index in [1.807, 2.05) is 0 Å². The Bertz CT molecular complexity index is 684. The molecule has 2 rings (SSSR count). The lowest BCUT2D eigenvalue weighted by Gasteiger charge is -2.00. The van der Waals surface area contributed by atoms with E-state index in [0.717, 1.165) is 21.6 Å². The van der Waals surface area contributed by atoms with Crippen LogP contribution < -0.4 is 10.6 Å². The number of nitrogen functional groups attached to an aromatic ring is 1. The van der Waals surface area contributed by atoms with E-state index in [-0.39, 0.29) is 4.80 Å². The first-order valence-electron chi connectivity index (χ1n) is 4.83. The molecule has 2 N–H and O–H groups in total. The minimum absolute atomic E-state index is 0.179. The minimum atomic E-state index is -4.99. The van der Waals surface area contributed by atoms with Crippen LogP contribution in [0.5, 0.6) is 0 Å². The molecule has 0 saturated carbocycles. The third-order valence-electron chi connectivity index (χ3n) is 2.29. The summed E-state index contributed by atoms with van der Waals surface area (Å²) in [6.45, 7) is 1.77. The Kier molecular flexibility index (Phi) is 2.89. The second-order valence-corrected chi connectivity index (χ2v) is 4.60. The van der Waals surface area contributed by atoms with E-state index in [0.29, 0.717) is 10.2 Å². The Balaban J connectivity index is 2.67. The number of para-hydroxylation sites is 1. The van der Waals surface area contributed by atoms with Crippen molar-refractivity contribution in [1.82, 2.24) is 4.68 Å². The highest BCUT2D eigenvalue weighted by atomic mass is 32.1. The molecule has 0 fully saturated rings. The second-order valence-electron chi connectivity index (χ2n) is 3.59. The molecule has 0 aliphatic carbocycles. The summed E-state index contributed by atoms with van der Waals surface area (Å²) in [5.74, 6) is 3.48. The number of carbonyl (C=O) groups excluding carboxylic acids is 1. The number of halogens is 3. The van der Waals surface area contributed by atoms with Crippen molar-refractivity contribution in [3.63, 3.8) is 0 Å². The van der Waals surface area contributed by atoms with Gasteiger partial charge in [0.25, 0.3) is 0 Å². The van der Waals surface area contributed by atoms with E-state index < -0.39 is 12.1 Å². The van der Waals surface area contributed by atoms with Gasteiger partial charge in [-0.05, 0) is 18.6 Å². The number of nitrogens with two attached hydrogens (primary N) is 1. The average Bonchev–Trinajstić information content (AvgIpc) is 2.56. The molecule has 96 valence electrons. The lowest BCUT2D eigenvalue weighted by atomic mass is 10.2. The molecule has 18 heavy (non-hydrogen) atoms. The SMILES string of the molecule is Cc1cccc2s/c(=N/C(=O)C(F)(F)F)n(N)c12. The number of nitrogens with zero attached hydrogens (tertiary/aromatic N) is 2. The van der Waals surface area contributed by atoms with Gasteiger partial charge in [0.2, 0.25) is 4.80 Å². The van der Waals surface area contributed by atoms with Crippen LogP contribution in [0.15, 0.2) is 23.2 Å². The molecule has 1 aromatic carbocycles. The maximum atomic E-state index is 12.1. The van der Waals surface area contributed by atoms with E-state index in [2.05, 4.69) is 4.99 Å². The highest BCUT2D eigenvalue weighted by Crippen LogP contribution is 2.20. The van der Waals surface area contributed by atoms with E-state index in [1.54, 1.807) is 25.1 Å². The summed E-state index contributed by atoms with van der Waals surface area (Å²) in [6, 6.07) is 5.23. The summed E-state index contributed by atoms with van der Waals surface area (Å²) in [5, 5.41) is 0. The van der Waals surface area contributed by atoms with Crippen LogP contribution in [0.3, 0.4) is 0 Å². The molecule has 0 spiro atoms. The number of hydrogen-bond donors (Lipinski definition) is 1. The van der Waals surface area contributed by atoms with Crippen molar-refractivity contribution in [1.29, 1.82) is 0 Å². The third kappa shape index (κ3) is 2.10. The molecule has 0 saturated heterocycles. The van der Waals surface area contributed by atoms with Crippen LogP contribution in [0.4, 0.5) is 13.2 Å². The number of aryl methyl sites for hydroxylation is 1. The molecule has 0 unspecified atom stereocenters. The van der Waals surface area contributed by atoms with Gasteiger partial charge in [-0.15, -0.1) is 0 Å². The summed E-state index contributed by atoms with van der Waals surface area (Å²) in [5.41, 5.74) is 1.36. The molecule has 0 radical (unpaired) electrons. The number of hydrogen-bond acceptors (Lipinski definition) is 3. The molecule has 0 bridgehead atoms. The van der Waals surface area contributed by atoms with Gasteiger partial charge in [-0.2, -0.15) is 18.2 Å². The zero-order chi connectivity index (χ0) is 13.5. The Labute approximate surface area is 103 Å². The first-order valence-corrected chi connectivity index (χ1v) is 5.64. The van der Waals surface area contributed by atoms with Crippen LogP contribution in [-0.4, -0.2) is 16.8 Å². The zero-order valence-corrected chi connectivity index (χ0v) is 9.97. The molecule has 0 aliphatic rings. The molecular weight excluding hydrogens is 267 g/mol. The topological polar surface area (TPSA) is 60.4 Å². The molecule has 1 aromatic heterocycles. The van der Waals surface area contributed by atoms with Crippen molar-refractivity contribution in [2.75, 3.05) is 5.84 Å². The number of carbonyl (C=O) groups is 1. The molecule has 1 amide bonds. The molecule has 8 heteroatoms. The number of alkyl halides is 3. The zero-order valence-electron chi connectivity index (χ0n) is 9.15. The predicted molar refractivity (Wildman–Crippen MR) is 61.3 cm³/mol. The van der Waals surface area contributed by atoms with E-state index in [4.69, 9.17) is 5.84 Å². The Morgan fingerprint density at radius 3 is 2.67 bits per heavy atom. The summed E-state index contributed by atoms with van der Waals surface area (Å²) in [7, 11) is 0. The first kappa shape index (κ1) is 12.6. The largest absolute Gasteiger partial charge is 0.473 e. The van der Waals surface area contributed by atoms with Crippen LogP contribution in [0.2, 0.25) is 0 Å². The molecule has 1 heterocycles. The van der Waals surface area contributed by atoms with Gasteiger partial charge in [0.15, 0.2) is 0 Å². The lowest BCUT2D eigenvalue weighted by Crippen LogP contribution is -2.28. The van der Waals surface area contributed by atoms with Crippen LogP contribution in [0.1, 0.15) is 5.56 Å². The fraction of sp³-hybridized carbons (Fsp3) is 0.200. The minimum Gasteiger partial charge on any atom is -0.337 e. The summed E-state index contributed by atoms with van der Waals surface area (Å²) < 4.78 is 38.0. The van der Waals surface area contributed by atoms with Crippen molar-refractivity contribution < 1.29 is 18.0 Å². The van der Waals surface area contributed by atoms with Crippen molar-refractivity contribution in [2.24, 2.45) is 4.99 Å². The standard InChI is InChI=1S/C10H8F3N3OS/c1-5-3-2-4-6-7(5)16(14)9(18-6)15-8(17)10(11,12)13/h2-4H,14H2,1H3/b15-9+. The maximum absolute atomic E-state index is 12.1. The van der Waals surface area contributed by atoms with Crippen molar-refractivity contribution >= 4 is 27.5 Å². The van der Waals surface area contributed by atoms with Crippen LogP contribution in [0.25, 0.3) is 10.2 Å². The lowest BCUT2D eigenvalue weighted by molar-refractivity contribution is -0.169. The Morgan fingerprint density at radius 2 is 2.11 bits per heavy atom. The number of amides is 1. The average molecular weight is 275 g/mol. The summed E-state index contributed by atoms with van der Waals surface area (Å²) >= 11 is 0.933. The number of aromatic nitrogens is 1. The monoisotopic (exact) mass is 275 g/mol. The van der Waals surface area contributed by atoms with Gasteiger partial charge in [0.1, 0.15) is 0 Å². The summed E-state index contributed by atoms with van der Waals surface area (Å²) in [6.07, 6.45) is -4.99. The van der Waals surface area contributed by atoms with Gasteiger partial charge >= 0.3 is 12.1 Å². The van der Waals surface area contributed by atoms with Crippen LogP contribution >= 0.6 is 11.3 Å². The fourth-order valence-electron chi connectivity index (χ4n) is 1.49. The molecule has 4 nitrogen and oxygen atoms in total. The van der Waals surface area contributed by atoms with Gasteiger partial charge in [-0.25, -0.2) is 4.68 Å². The number of benzene rings is 1. The van der Waals surface area contributed by atoms with E-state index in [1.165, 1.54) is 0 Å². The first-order chi connectivity index (χ1) is 8.30. The number of rotatable bonds is 0. The van der Waals surface area contributed by atoms with E-state index >= 15 is 0 Å². The highest BCUT2D eigenvalue weighted by Gasteiger charge is 2.38. The Hall–Kier alpha value is -1.83. The molecule has 0 atom stereocenters. The molecular formula is C10H8F3N3OS. The molecule has 2 aromatic rings.